The first-order valence-electron chi connectivity index (χ1n) is 3.47. The van der Waals surface area contributed by atoms with E-state index >= 15 is 0 Å². The minimum atomic E-state index is 0.940. The standard InChI is InChI=1S/C7H8N4/c1-6-7(9-10-8-6)11-4-2-3-5-11/h2-5H,1H3,(H,8,9,10)/p+1. The van der Waals surface area contributed by atoms with E-state index in [-0.39, 0.29) is 0 Å². The molecule has 0 spiro atoms. The number of nitrogens with one attached hydrogen (secondary N) is 2. The molecule has 4 nitrogen and oxygen atoms in total. The summed E-state index contributed by atoms with van der Waals surface area (Å²) in [6.45, 7) is 1.94. The van der Waals surface area contributed by atoms with Crippen molar-refractivity contribution in [2.24, 2.45) is 0 Å². The number of aryl methyl sites for hydroxylation is 1. The zero-order valence-electron chi connectivity index (χ0n) is 6.20. The Hall–Kier alpha value is -1.42. The molecule has 1 aromatic heterocycles. The van der Waals surface area contributed by atoms with Crippen LogP contribution in [0.5, 0.6) is 0 Å². The Morgan fingerprint density at radius 1 is 1.27 bits per heavy atom. The van der Waals surface area contributed by atoms with E-state index in [0.29, 0.717) is 0 Å². The topological polar surface area (TPSA) is 46.0 Å². The van der Waals surface area contributed by atoms with Crippen molar-refractivity contribution in [1.29, 1.82) is 0 Å². The van der Waals surface area contributed by atoms with E-state index in [1.807, 2.05) is 31.5 Å². The average molecular weight is 149 g/mol. The van der Waals surface area contributed by atoms with Crippen molar-refractivity contribution in [1.82, 2.24) is 15.4 Å². The average Bonchev–Trinajstić information content (AvgIpc) is 2.55. The predicted octanol–water partition coefficient (Wildman–Crippen LogP) is -0.329. The zero-order valence-corrected chi connectivity index (χ0v) is 6.20. The highest BCUT2D eigenvalue weighted by Crippen LogP contribution is 1.99. The summed E-state index contributed by atoms with van der Waals surface area (Å²) in [6, 6.07) is 0. The molecule has 1 aliphatic heterocycles. The van der Waals surface area contributed by atoms with E-state index in [1.54, 1.807) is 0 Å². The molecule has 0 saturated heterocycles. The number of hydrogen-bond acceptors (Lipinski definition) is 2. The van der Waals surface area contributed by atoms with Crippen LogP contribution < -0.4 is 4.90 Å². The largest absolute Gasteiger partial charge is 0.277 e. The molecule has 4 heteroatoms. The number of nitrogens with zero attached hydrogens (tertiary/aromatic N) is 2. The number of rotatable bonds is 1. The summed E-state index contributed by atoms with van der Waals surface area (Å²) in [5.74, 6) is 0.940. The van der Waals surface area contributed by atoms with Gasteiger partial charge in [-0.15, -0.1) is 0 Å². The summed E-state index contributed by atoms with van der Waals surface area (Å²) in [7, 11) is 0. The molecule has 0 radical (unpaired) electrons. The lowest BCUT2D eigenvalue weighted by Crippen LogP contribution is -2.96. The van der Waals surface area contributed by atoms with Crippen LogP contribution >= 0.6 is 0 Å². The van der Waals surface area contributed by atoms with Crippen molar-refractivity contribution in [3.05, 3.63) is 30.2 Å². The van der Waals surface area contributed by atoms with Gasteiger partial charge < -0.3 is 0 Å². The number of H-pyrrole nitrogens is 1. The fourth-order valence-electron chi connectivity index (χ4n) is 1.09. The maximum absolute atomic E-state index is 4.02. The maximum Gasteiger partial charge on any atom is 0.277 e. The van der Waals surface area contributed by atoms with Crippen molar-refractivity contribution in [2.45, 2.75) is 6.92 Å². The maximum atomic E-state index is 4.02. The first-order chi connectivity index (χ1) is 5.38. The quantitative estimate of drug-likeness (QED) is 0.574. The second-order valence-corrected chi connectivity index (χ2v) is 2.43. The van der Waals surface area contributed by atoms with Gasteiger partial charge in [-0.05, 0) is 19.1 Å². The molecule has 1 aliphatic rings. The van der Waals surface area contributed by atoms with Crippen LogP contribution in [0.15, 0.2) is 24.6 Å². The summed E-state index contributed by atoms with van der Waals surface area (Å²) in [5.41, 5.74) is 0.941. The van der Waals surface area contributed by atoms with Gasteiger partial charge in [0, 0.05) is 0 Å². The first kappa shape index (κ1) is 6.30. The van der Waals surface area contributed by atoms with Crippen LogP contribution in [0.4, 0.5) is 5.82 Å². The molecule has 0 amide bonds. The van der Waals surface area contributed by atoms with Crippen molar-refractivity contribution < 1.29 is 4.90 Å². The molecular formula is C7H9N4+. The van der Waals surface area contributed by atoms with Gasteiger partial charge in [0.15, 0.2) is 0 Å². The molecule has 2 rings (SSSR count). The molecule has 0 saturated carbocycles. The second-order valence-electron chi connectivity index (χ2n) is 2.43. The minimum Gasteiger partial charge on any atom is -0.231 e. The second kappa shape index (κ2) is 2.32. The highest BCUT2D eigenvalue weighted by Gasteiger charge is 2.15. The Bertz CT molecular complexity index is 298. The summed E-state index contributed by atoms with van der Waals surface area (Å²) in [4.78, 5) is 1.12. The van der Waals surface area contributed by atoms with Crippen LogP contribution in [0.25, 0.3) is 0 Å². The molecule has 2 heterocycles. The molecule has 0 aromatic carbocycles. The Labute approximate surface area is 64.2 Å². The molecule has 2 N–H and O–H groups in total. The Morgan fingerprint density at radius 3 is 2.55 bits per heavy atom. The predicted molar refractivity (Wildman–Crippen MR) is 40.0 cm³/mol. The number of hydrogen-bond donors (Lipinski definition) is 2. The van der Waals surface area contributed by atoms with Gasteiger partial charge in [-0.25, -0.2) is 4.90 Å². The normalized spacial score (nSPS) is 16.5. The van der Waals surface area contributed by atoms with Crippen LogP contribution in [0.2, 0.25) is 0 Å². The van der Waals surface area contributed by atoms with Crippen molar-refractivity contribution in [2.75, 3.05) is 0 Å². The molecule has 1 aromatic rings. The van der Waals surface area contributed by atoms with Gasteiger partial charge in [-0.2, -0.15) is 10.3 Å². The summed E-state index contributed by atoms with van der Waals surface area (Å²) in [6.07, 6.45) is 8.02. The van der Waals surface area contributed by atoms with Crippen LogP contribution in [0.3, 0.4) is 0 Å². The Morgan fingerprint density at radius 2 is 2.00 bits per heavy atom. The summed E-state index contributed by atoms with van der Waals surface area (Å²) >= 11 is 0. The van der Waals surface area contributed by atoms with Crippen LogP contribution in [-0.4, -0.2) is 15.4 Å². The minimum absolute atomic E-state index is 0.940. The molecule has 0 fully saturated rings. The lowest BCUT2D eigenvalue weighted by atomic mass is 10.4. The molecular weight excluding hydrogens is 140 g/mol. The molecule has 0 unspecified atom stereocenters. The van der Waals surface area contributed by atoms with E-state index in [4.69, 9.17) is 0 Å². The molecule has 56 valence electrons. The van der Waals surface area contributed by atoms with Crippen LogP contribution in [0, 0.1) is 6.92 Å². The zero-order chi connectivity index (χ0) is 7.68. The van der Waals surface area contributed by atoms with Gasteiger partial charge in [0.2, 0.25) is 0 Å². The lowest BCUT2D eigenvalue weighted by Gasteiger charge is -1.99. The third kappa shape index (κ3) is 0.969. The van der Waals surface area contributed by atoms with Gasteiger partial charge in [-0.1, -0.05) is 5.10 Å². The first-order valence-corrected chi connectivity index (χ1v) is 3.47. The number of aromatic amines is 1. The molecule has 11 heavy (non-hydrogen) atoms. The Kier molecular flexibility index (Phi) is 1.33. The van der Waals surface area contributed by atoms with Crippen molar-refractivity contribution in [3.63, 3.8) is 0 Å². The van der Waals surface area contributed by atoms with E-state index in [0.717, 1.165) is 16.4 Å². The highest BCUT2D eigenvalue weighted by atomic mass is 15.4. The molecule has 0 bridgehead atoms. The summed E-state index contributed by atoms with van der Waals surface area (Å²) < 4.78 is 0. The van der Waals surface area contributed by atoms with Gasteiger partial charge >= 0.3 is 0 Å². The van der Waals surface area contributed by atoms with Crippen molar-refractivity contribution in [3.8, 4) is 0 Å². The van der Waals surface area contributed by atoms with Crippen LogP contribution in [0.1, 0.15) is 5.69 Å². The fraction of sp³-hybridized carbons (Fsp3) is 0.143. The van der Waals surface area contributed by atoms with E-state index in [1.165, 1.54) is 0 Å². The third-order valence-corrected chi connectivity index (χ3v) is 1.66. The lowest BCUT2D eigenvalue weighted by molar-refractivity contribution is -0.713. The smallest absolute Gasteiger partial charge is 0.231 e. The number of allylic oxidation sites excluding steroid dienone is 2. The highest BCUT2D eigenvalue weighted by molar-refractivity contribution is 5.24. The van der Waals surface area contributed by atoms with Gasteiger partial charge in [-0.3, -0.25) is 0 Å². The van der Waals surface area contributed by atoms with E-state index < -0.39 is 0 Å². The molecule has 0 aliphatic carbocycles. The van der Waals surface area contributed by atoms with Crippen molar-refractivity contribution >= 4 is 5.82 Å². The Balaban J connectivity index is 2.36. The van der Waals surface area contributed by atoms with Gasteiger partial charge in [0.25, 0.3) is 5.82 Å². The van der Waals surface area contributed by atoms with E-state index in [2.05, 4.69) is 15.4 Å². The van der Waals surface area contributed by atoms with Crippen LogP contribution in [-0.2, 0) is 0 Å². The van der Waals surface area contributed by atoms with Gasteiger partial charge in [0.05, 0.1) is 0 Å². The fourth-order valence-corrected chi connectivity index (χ4v) is 1.09. The third-order valence-electron chi connectivity index (χ3n) is 1.66. The molecule has 0 atom stereocenters. The number of aromatic nitrogens is 3. The summed E-state index contributed by atoms with van der Waals surface area (Å²) in [5, 5.41) is 10.5. The monoisotopic (exact) mass is 149 g/mol. The van der Waals surface area contributed by atoms with E-state index in [9.17, 15) is 0 Å². The van der Waals surface area contributed by atoms with Gasteiger partial charge in [0.1, 0.15) is 18.1 Å². The number of quaternary nitrogens is 1. The SMILES string of the molecule is Cc1n[nH]nc1[NH+]1C=CC=C1.